The summed E-state index contributed by atoms with van der Waals surface area (Å²) in [4.78, 5) is 26.0. The lowest BCUT2D eigenvalue weighted by molar-refractivity contribution is -1.01. The van der Waals surface area contributed by atoms with E-state index in [1.807, 2.05) is 32.0 Å². The number of amides is 1. The maximum Gasteiger partial charge on any atom is 0.230 e. The third kappa shape index (κ3) is 4.77. The van der Waals surface area contributed by atoms with Crippen molar-refractivity contribution in [1.29, 1.82) is 0 Å². The third-order valence-electron chi connectivity index (χ3n) is 4.57. The van der Waals surface area contributed by atoms with Crippen molar-refractivity contribution in [2.75, 3.05) is 38.5 Å². The maximum absolute atomic E-state index is 12.3. The second kappa shape index (κ2) is 7.57. The van der Waals surface area contributed by atoms with Crippen LogP contribution in [0.4, 0.5) is 5.69 Å². The van der Waals surface area contributed by atoms with Crippen LogP contribution in [0.15, 0.2) is 18.2 Å². The number of anilines is 1. The lowest BCUT2D eigenvalue weighted by atomic mass is 10.1. The molecule has 1 aliphatic heterocycles. The molecule has 1 saturated heterocycles. The van der Waals surface area contributed by atoms with Crippen LogP contribution in [-0.4, -0.2) is 51.1 Å². The van der Waals surface area contributed by atoms with E-state index in [2.05, 4.69) is 12.4 Å². The van der Waals surface area contributed by atoms with Crippen molar-refractivity contribution in [2.45, 2.75) is 26.3 Å². The molecule has 126 valence electrons. The van der Waals surface area contributed by atoms with Gasteiger partial charge < -0.3 is 25.0 Å². The molecule has 1 heterocycles. The van der Waals surface area contributed by atoms with Gasteiger partial charge >= 0.3 is 0 Å². The summed E-state index contributed by atoms with van der Waals surface area (Å²) in [5.74, 6) is -1.42. The standard InChI is InChI=1S/C17H25N3O3/c1-12-4-5-14(13(2)10-12)18-16(21)11-15(17(22)23)20-8-6-19(3)7-9-20/h4-5,10,15H,6-9,11H2,1-3H3,(H,18,21)(H,22,23)/p+1/t15-/m1/s1. The van der Waals surface area contributed by atoms with Crippen molar-refractivity contribution in [1.82, 2.24) is 0 Å². The molecule has 0 spiro atoms. The Morgan fingerprint density at radius 1 is 1.22 bits per heavy atom. The van der Waals surface area contributed by atoms with E-state index in [9.17, 15) is 14.7 Å². The molecule has 2 rings (SSSR count). The Morgan fingerprint density at radius 2 is 1.87 bits per heavy atom. The molecule has 3 N–H and O–H groups in total. The summed E-state index contributed by atoms with van der Waals surface area (Å²) in [5, 5.41) is 14.3. The highest BCUT2D eigenvalue weighted by Gasteiger charge is 2.30. The number of benzene rings is 1. The smallest absolute Gasteiger partial charge is 0.230 e. The Kier molecular flexibility index (Phi) is 5.74. The first-order valence-corrected chi connectivity index (χ1v) is 8.10. The molecule has 0 bridgehead atoms. The highest BCUT2D eigenvalue weighted by molar-refractivity contribution is 5.94. The number of rotatable bonds is 5. The molecule has 1 atom stereocenters. The largest absolute Gasteiger partial charge is 0.544 e. The van der Waals surface area contributed by atoms with Crippen LogP contribution in [0.25, 0.3) is 0 Å². The first-order chi connectivity index (χ1) is 10.9. The number of hydrogen-bond donors (Lipinski definition) is 3. The predicted molar refractivity (Wildman–Crippen MR) is 85.3 cm³/mol. The Bertz CT molecular complexity index is 580. The highest BCUT2D eigenvalue weighted by atomic mass is 16.4. The lowest BCUT2D eigenvalue weighted by Gasteiger charge is -2.33. The van der Waals surface area contributed by atoms with Crippen molar-refractivity contribution >= 4 is 17.6 Å². The summed E-state index contributed by atoms with van der Waals surface area (Å²) >= 11 is 0. The number of quaternary nitrogens is 2. The summed E-state index contributed by atoms with van der Waals surface area (Å²) in [5.41, 5.74) is 2.83. The van der Waals surface area contributed by atoms with Crippen molar-refractivity contribution in [3.63, 3.8) is 0 Å². The number of carbonyl (C=O) groups excluding carboxylic acids is 2. The van der Waals surface area contributed by atoms with Gasteiger partial charge in [-0.2, -0.15) is 0 Å². The summed E-state index contributed by atoms with van der Waals surface area (Å²) in [7, 11) is 2.09. The molecule has 0 radical (unpaired) electrons. The topological polar surface area (TPSA) is 78.1 Å². The van der Waals surface area contributed by atoms with Crippen LogP contribution in [0.3, 0.4) is 0 Å². The Labute approximate surface area is 137 Å². The van der Waals surface area contributed by atoms with Crippen LogP contribution in [0, 0.1) is 13.8 Å². The van der Waals surface area contributed by atoms with Crippen LogP contribution in [-0.2, 0) is 9.59 Å². The number of aliphatic carboxylic acids is 1. The zero-order chi connectivity index (χ0) is 17.0. The first-order valence-electron chi connectivity index (χ1n) is 8.10. The van der Waals surface area contributed by atoms with Crippen LogP contribution >= 0.6 is 0 Å². The minimum atomic E-state index is -1.14. The van der Waals surface area contributed by atoms with Gasteiger partial charge in [-0.05, 0) is 25.5 Å². The van der Waals surface area contributed by atoms with Crippen molar-refractivity contribution in [3.05, 3.63) is 29.3 Å². The van der Waals surface area contributed by atoms with Crippen molar-refractivity contribution in [3.8, 4) is 0 Å². The number of carbonyl (C=O) groups is 2. The maximum atomic E-state index is 12.3. The number of nitrogens with one attached hydrogen (secondary N) is 3. The van der Waals surface area contributed by atoms with Gasteiger partial charge in [0.2, 0.25) is 5.91 Å². The average Bonchev–Trinajstić information content (AvgIpc) is 2.48. The second-order valence-electron chi connectivity index (χ2n) is 6.56. The highest BCUT2D eigenvalue weighted by Crippen LogP contribution is 2.16. The minimum Gasteiger partial charge on any atom is -0.544 e. The molecule has 6 nitrogen and oxygen atoms in total. The number of carboxylic acid groups (broad SMARTS) is 1. The second-order valence-corrected chi connectivity index (χ2v) is 6.56. The number of carboxylic acids is 1. The van der Waals surface area contributed by atoms with Gasteiger partial charge in [-0.1, -0.05) is 17.7 Å². The first kappa shape index (κ1) is 17.4. The summed E-state index contributed by atoms with van der Waals surface area (Å²) in [6.07, 6.45) is -0.0516. The summed E-state index contributed by atoms with van der Waals surface area (Å²) in [6, 6.07) is 4.98. The number of piperazine rings is 1. The zero-order valence-electron chi connectivity index (χ0n) is 14.1. The molecule has 1 aromatic rings. The predicted octanol–water partition coefficient (Wildman–Crippen LogP) is -2.84. The molecule has 1 fully saturated rings. The van der Waals surface area contributed by atoms with Crippen LogP contribution < -0.4 is 20.2 Å². The van der Waals surface area contributed by atoms with Crippen molar-refractivity contribution < 1.29 is 24.5 Å². The molecule has 0 saturated carbocycles. The van der Waals surface area contributed by atoms with Gasteiger partial charge in [0.1, 0.15) is 32.2 Å². The summed E-state index contributed by atoms with van der Waals surface area (Å²) < 4.78 is 0. The van der Waals surface area contributed by atoms with E-state index in [0.717, 1.165) is 47.9 Å². The monoisotopic (exact) mass is 320 g/mol. The molecule has 0 aliphatic carbocycles. The van der Waals surface area contributed by atoms with Gasteiger partial charge in [-0.3, -0.25) is 4.79 Å². The molecular weight excluding hydrogens is 294 g/mol. The fourth-order valence-electron chi connectivity index (χ4n) is 3.08. The van der Waals surface area contributed by atoms with Gasteiger partial charge in [0, 0.05) is 5.69 Å². The minimum absolute atomic E-state index is 0.0516. The summed E-state index contributed by atoms with van der Waals surface area (Å²) in [6.45, 7) is 7.25. The van der Waals surface area contributed by atoms with E-state index in [1.165, 1.54) is 4.90 Å². The normalized spacial score (nSPS) is 22.4. The molecular formula is C17H26N3O3+. The molecule has 1 amide bonds. The van der Waals surface area contributed by atoms with Gasteiger partial charge in [0.05, 0.1) is 19.4 Å². The lowest BCUT2D eigenvalue weighted by Crippen LogP contribution is -3.29. The zero-order valence-corrected chi connectivity index (χ0v) is 14.1. The van der Waals surface area contributed by atoms with E-state index in [1.54, 1.807) is 0 Å². The van der Waals surface area contributed by atoms with E-state index < -0.39 is 12.0 Å². The van der Waals surface area contributed by atoms with E-state index in [4.69, 9.17) is 0 Å². The molecule has 0 aromatic heterocycles. The van der Waals surface area contributed by atoms with Gasteiger partial charge in [0.25, 0.3) is 0 Å². The number of aryl methyl sites for hydroxylation is 2. The Hall–Kier alpha value is -1.92. The van der Waals surface area contributed by atoms with Gasteiger partial charge in [0.15, 0.2) is 0 Å². The van der Waals surface area contributed by atoms with Crippen LogP contribution in [0.1, 0.15) is 17.5 Å². The number of likely N-dealkylation sites (N-methyl/N-ethyl adjacent to an activating group) is 1. The molecule has 1 aromatic carbocycles. The Morgan fingerprint density at radius 3 is 2.43 bits per heavy atom. The van der Waals surface area contributed by atoms with Crippen molar-refractivity contribution in [2.24, 2.45) is 0 Å². The van der Waals surface area contributed by atoms with E-state index in [-0.39, 0.29) is 12.3 Å². The fourth-order valence-corrected chi connectivity index (χ4v) is 3.08. The Balaban J connectivity index is 1.99. The molecule has 23 heavy (non-hydrogen) atoms. The van der Waals surface area contributed by atoms with E-state index >= 15 is 0 Å². The van der Waals surface area contributed by atoms with Gasteiger partial charge in [-0.25, -0.2) is 0 Å². The number of hydrogen-bond acceptors (Lipinski definition) is 3. The molecule has 1 aliphatic rings. The average molecular weight is 320 g/mol. The van der Waals surface area contributed by atoms with Crippen LogP contribution in [0.2, 0.25) is 0 Å². The van der Waals surface area contributed by atoms with Gasteiger partial charge in [-0.15, -0.1) is 0 Å². The quantitative estimate of drug-likeness (QED) is 0.547. The third-order valence-corrected chi connectivity index (χ3v) is 4.57. The van der Waals surface area contributed by atoms with Crippen LogP contribution in [0.5, 0.6) is 0 Å². The molecule has 0 unspecified atom stereocenters. The van der Waals surface area contributed by atoms with E-state index in [0.29, 0.717) is 0 Å². The SMILES string of the molecule is Cc1ccc(NC(=O)C[C@H](C(=O)[O-])[NH+]2CC[NH+](C)CC2)c(C)c1. The fraction of sp³-hybridized carbons (Fsp3) is 0.529. The molecule has 6 heteroatoms.